The maximum atomic E-state index is 12.5. The van der Waals surface area contributed by atoms with Gasteiger partial charge in [0.25, 0.3) is 0 Å². The number of esters is 2. The fourth-order valence-electron chi connectivity index (χ4n) is 6.11. The quantitative estimate of drug-likeness (QED) is 0.0269. The van der Waals surface area contributed by atoms with E-state index < -0.39 is 26.5 Å². The lowest BCUT2D eigenvalue weighted by atomic mass is 10.0. The third kappa shape index (κ3) is 39.9. The van der Waals surface area contributed by atoms with Gasteiger partial charge in [0.15, 0.2) is 6.10 Å². The summed E-state index contributed by atoms with van der Waals surface area (Å²) in [4.78, 5) is 34.8. The molecule has 0 saturated carbocycles. The van der Waals surface area contributed by atoms with E-state index in [1.807, 2.05) is 18.2 Å². The molecule has 0 rings (SSSR count). The van der Waals surface area contributed by atoms with Crippen LogP contribution >= 0.6 is 7.82 Å². The molecule has 0 aliphatic rings. The van der Waals surface area contributed by atoms with Crippen LogP contribution in [-0.4, -0.2) is 49.3 Å². The first-order valence-corrected chi connectivity index (χ1v) is 23.5. The lowest BCUT2D eigenvalue weighted by Gasteiger charge is -2.19. The van der Waals surface area contributed by atoms with Gasteiger partial charge in [0.2, 0.25) is 0 Å². The minimum atomic E-state index is -4.38. The SMILES string of the molecule is CC/C=C/C=C/C=C/CCCCCCCC(=O)OC(COC(=O)CCCCCCCCCCCCCCCCCCCCCC)COP(=O)(O)OCCN. The topological polar surface area (TPSA) is 134 Å². The fourth-order valence-corrected chi connectivity index (χ4v) is 6.87. The summed E-state index contributed by atoms with van der Waals surface area (Å²) in [6.45, 7) is 3.59. The van der Waals surface area contributed by atoms with Crippen molar-refractivity contribution in [1.29, 1.82) is 0 Å². The molecule has 0 aliphatic heterocycles. The van der Waals surface area contributed by atoms with Crippen molar-refractivity contribution in [3.8, 4) is 0 Å². The van der Waals surface area contributed by atoms with Gasteiger partial charge < -0.3 is 20.1 Å². The van der Waals surface area contributed by atoms with Gasteiger partial charge in [0.1, 0.15) is 6.61 Å². The van der Waals surface area contributed by atoms with Gasteiger partial charge in [0.05, 0.1) is 13.2 Å². The minimum absolute atomic E-state index is 0.0500. The first-order chi connectivity index (χ1) is 26.3. The van der Waals surface area contributed by atoms with Crippen LogP contribution in [0.1, 0.15) is 200 Å². The summed E-state index contributed by atoms with van der Waals surface area (Å²) in [7, 11) is -4.38. The molecule has 316 valence electrons. The van der Waals surface area contributed by atoms with E-state index in [0.717, 1.165) is 57.8 Å². The molecule has 0 aromatic carbocycles. The van der Waals surface area contributed by atoms with Crippen LogP contribution in [0.4, 0.5) is 0 Å². The molecule has 0 aliphatic carbocycles. The van der Waals surface area contributed by atoms with Gasteiger partial charge in [-0.25, -0.2) is 4.57 Å². The van der Waals surface area contributed by atoms with E-state index in [0.29, 0.717) is 6.42 Å². The highest BCUT2D eigenvalue weighted by molar-refractivity contribution is 7.47. The van der Waals surface area contributed by atoms with Gasteiger partial charge in [-0.05, 0) is 32.1 Å². The number of nitrogens with two attached hydrogens (primary N) is 1. The van der Waals surface area contributed by atoms with Gasteiger partial charge in [-0.15, -0.1) is 0 Å². The van der Waals surface area contributed by atoms with E-state index in [2.05, 4.69) is 32.1 Å². The monoisotopic (exact) mass is 784 g/mol. The Morgan fingerprint density at radius 3 is 1.50 bits per heavy atom. The second kappa shape index (κ2) is 40.9. The van der Waals surface area contributed by atoms with Gasteiger partial charge in [-0.1, -0.05) is 192 Å². The molecule has 0 aromatic rings. The van der Waals surface area contributed by atoms with Crippen LogP contribution in [0, 0.1) is 0 Å². The van der Waals surface area contributed by atoms with Crippen molar-refractivity contribution in [3.63, 3.8) is 0 Å². The molecular weight excluding hydrogens is 701 g/mol. The maximum absolute atomic E-state index is 12.5. The van der Waals surface area contributed by atoms with Crippen molar-refractivity contribution in [3.05, 3.63) is 36.5 Å². The van der Waals surface area contributed by atoms with E-state index >= 15 is 0 Å². The molecular formula is C44H82NO8P. The van der Waals surface area contributed by atoms with Gasteiger partial charge in [0, 0.05) is 19.4 Å². The summed E-state index contributed by atoms with van der Waals surface area (Å²) < 4.78 is 32.7. The second-order valence-corrected chi connectivity index (χ2v) is 16.1. The van der Waals surface area contributed by atoms with Crippen molar-refractivity contribution < 1.29 is 37.6 Å². The molecule has 2 unspecified atom stereocenters. The average Bonchev–Trinajstić information content (AvgIpc) is 3.16. The predicted octanol–water partition coefficient (Wildman–Crippen LogP) is 12.6. The molecule has 0 bridgehead atoms. The van der Waals surface area contributed by atoms with E-state index in [-0.39, 0.29) is 38.6 Å². The maximum Gasteiger partial charge on any atom is 0.472 e. The first-order valence-electron chi connectivity index (χ1n) is 22.0. The Morgan fingerprint density at radius 1 is 0.574 bits per heavy atom. The molecule has 0 spiro atoms. The largest absolute Gasteiger partial charge is 0.472 e. The molecule has 2 atom stereocenters. The average molecular weight is 784 g/mol. The molecule has 0 fully saturated rings. The number of rotatable bonds is 41. The number of ether oxygens (including phenoxy) is 2. The van der Waals surface area contributed by atoms with Crippen molar-refractivity contribution in [2.24, 2.45) is 5.73 Å². The van der Waals surface area contributed by atoms with Crippen LogP contribution in [0.25, 0.3) is 0 Å². The molecule has 10 heteroatoms. The lowest BCUT2D eigenvalue weighted by Crippen LogP contribution is -2.29. The number of hydrogen-bond donors (Lipinski definition) is 2. The summed E-state index contributed by atoms with van der Waals surface area (Å²) in [5, 5.41) is 0. The predicted molar refractivity (Wildman–Crippen MR) is 224 cm³/mol. The van der Waals surface area contributed by atoms with Crippen LogP contribution in [0.2, 0.25) is 0 Å². The van der Waals surface area contributed by atoms with E-state index in [1.165, 1.54) is 109 Å². The number of phosphoric ester groups is 1. The molecule has 0 saturated heterocycles. The minimum Gasteiger partial charge on any atom is -0.462 e. The van der Waals surface area contributed by atoms with Gasteiger partial charge >= 0.3 is 19.8 Å². The number of hydrogen-bond acceptors (Lipinski definition) is 8. The number of unbranched alkanes of at least 4 members (excludes halogenated alkanes) is 24. The van der Waals surface area contributed by atoms with E-state index in [9.17, 15) is 19.0 Å². The molecule has 0 aromatic heterocycles. The van der Waals surface area contributed by atoms with Crippen molar-refractivity contribution >= 4 is 19.8 Å². The van der Waals surface area contributed by atoms with Crippen LogP contribution in [0.15, 0.2) is 36.5 Å². The zero-order chi connectivity index (χ0) is 39.6. The highest BCUT2D eigenvalue weighted by Gasteiger charge is 2.26. The molecule has 0 amide bonds. The fraction of sp³-hybridized carbons (Fsp3) is 0.818. The summed E-state index contributed by atoms with van der Waals surface area (Å²) in [5.41, 5.74) is 5.34. The number of allylic oxidation sites excluding steroid dienone is 6. The molecule has 0 heterocycles. The summed E-state index contributed by atoms with van der Waals surface area (Å²) in [6, 6.07) is 0. The Morgan fingerprint density at radius 2 is 1.02 bits per heavy atom. The zero-order valence-electron chi connectivity index (χ0n) is 34.7. The molecule has 3 N–H and O–H groups in total. The highest BCUT2D eigenvalue weighted by Crippen LogP contribution is 2.43. The Kier molecular flexibility index (Phi) is 39.5. The number of carbonyl (C=O) groups is 2. The van der Waals surface area contributed by atoms with E-state index in [1.54, 1.807) is 0 Å². The Labute approximate surface area is 331 Å². The highest BCUT2D eigenvalue weighted by atomic mass is 31.2. The van der Waals surface area contributed by atoms with Crippen molar-refractivity contribution in [1.82, 2.24) is 0 Å². The third-order valence-corrected chi connectivity index (χ3v) is 10.3. The summed E-state index contributed by atoms with van der Waals surface area (Å²) in [6.07, 6.45) is 44.7. The van der Waals surface area contributed by atoms with Crippen LogP contribution in [0.3, 0.4) is 0 Å². The Hall–Kier alpha value is -1.77. The third-order valence-electron chi connectivity index (χ3n) is 9.35. The normalized spacial score (nSPS) is 13.6. The summed E-state index contributed by atoms with van der Waals surface area (Å²) >= 11 is 0. The van der Waals surface area contributed by atoms with Crippen molar-refractivity contribution in [2.45, 2.75) is 206 Å². The Balaban J connectivity index is 4.08. The number of carbonyl (C=O) groups excluding carboxylic acids is 2. The van der Waals surface area contributed by atoms with Crippen LogP contribution < -0.4 is 5.73 Å². The van der Waals surface area contributed by atoms with Gasteiger partial charge in [-0.2, -0.15) is 0 Å². The standard InChI is InChI=1S/C44H82NO8P/c1-3-5-7-9-11-13-15-17-18-19-20-21-22-23-25-26-28-30-32-34-36-43(46)50-40-42(41-52-54(48,49)51-39-38-45)53-44(47)37-35-33-31-29-27-24-16-14-12-10-8-6-4-2/h6,8,10,12,14,16,42H,3-5,7,9,11,13,15,17-41,45H2,1-2H3,(H,48,49)/b8-6+,12-10+,16-14+. The Bertz CT molecular complexity index is 986. The zero-order valence-corrected chi connectivity index (χ0v) is 35.6. The summed E-state index contributed by atoms with van der Waals surface area (Å²) in [5.74, 6) is -0.847. The second-order valence-electron chi connectivity index (χ2n) is 14.6. The van der Waals surface area contributed by atoms with Gasteiger partial charge in [-0.3, -0.25) is 18.6 Å². The molecule has 9 nitrogen and oxygen atoms in total. The lowest BCUT2D eigenvalue weighted by molar-refractivity contribution is -0.161. The van der Waals surface area contributed by atoms with Crippen molar-refractivity contribution in [2.75, 3.05) is 26.4 Å². The first kappa shape index (κ1) is 52.2. The smallest absolute Gasteiger partial charge is 0.462 e. The molecule has 0 radical (unpaired) electrons. The van der Waals surface area contributed by atoms with Crippen LogP contribution in [0.5, 0.6) is 0 Å². The number of phosphoric acid groups is 1. The van der Waals surface area contributed by atoms with E-state index in [4.69, 9.17) is 24.3 Å². The van der Waals surface area contributed by atoms with Crippen LogP contribution in [-0.2, 0) is 32.7 Å². The molecule has 54 heavy (non-hydrogen) atoms.